The van der Waals surface area contributed by atoms with Crippen LogP contribution in [0, 0.1) is 11.8 Å². The molecule has 0 aliphatic carbocycles. The fourth-order valence-corrected chi connectivity index (χ4v) is 3.68. The Labute approximate surface area is 132 Å². The van der Waals surface area contributed by atoms with Crippen LogP contribution in [0.25, 0.3) is 0 Å². The Hall–Kier alpha value is -0.850. The van der Waals surface area contributed by atoms with E-state index in [0.717, 1.165) is 52.3 Å². The maximum absolute atomic E-state index is 11.9. The number of hydrogen-bond acceptors (Lipinski definition) is 4. The van der Waals surface area contributed by atoms with Crippen molar-refractivity contribution in [2.75, 3.05) is 60.2 Å². The third-order valence-corrected chi connectivity index (χ3v) is 5.18. The molecule has 126 valence electrons. The van der Waals surface area contributed by atoms with Gasteiger partial charge in [0.25, 0.3) is 0 Å². The van der Waals surface area contributed by atoms with Gasteiger partial charge in [-0.1, -0.05) is 0 Å². The van der Waals surface area contributed by atoms with Crippen LogP contribution in [0.5, 0.6) is 0 Å². The number of likely N-dealkylation sites (tertiary alicyclic amines) is 1. The summed E-state index contributed by atoms with van der Waals surface area (Å²) in [6.45, 7) is 5.51. The van der Waals surface area contributed by atoms with Crippen molar-refractivity contribution < 1.29 is 19.0 Å². The first-order valence-corrected chi connectivity index (χ1v) is 8.36. The summed E-state index contributed by atoms with van der Waals surface area (Å²) in [5.41, 5.74) is -0.151. The molecule has 0 unspecified atom stereocenters. The van der Waals surface area contributed by atoms with Crippen LogP contribution >= 0.6 is 0 Å². The van der Waals surface area contributed by atoms with Gasteiger partial charge in [0.05, 0.1) is 19.7 Å². The van der Waals surface area contributed by atoms with Crippen LogP contribution in [-0.4, -0.2) is 81.7 Å². The molecule has 0 radical (unpaired) electrons. The van der Waals surface area contributed by atoms with Crippen LogP contribution in [0.4, 0.5) is 4.79 Å². The minimum atomic E-state index is -0.151. The molecule has 1 spiro atoms. The zero-order valence-corrected chi connectivity index (χ0v) is 13.8. The lowest BCUT2D eigenvalue weighted by molar-refractivity contribution is -0.130. The Kier molecular flexibility index (Phi) is 4.90. The predicted octanol–water partition coefficient (Wildman–Crippen LogP) is 1.20. The number of hydrogen-bond donors (Lipinski definition) is 0. The third-order valence-electron chi connectivity index (χ3n) is 5.18. The van der Waals surface area contributed by atoms with Crippen LogP contribution in [0.15, 0.2) is 0 Å². The van der Waals surface area contributed by atoms with Crippen LogP contribution < -0.4 is 0 Å². The van der Waals surface area contributed by atoms with Gasteiger partial charge in [0.15, 0.2) is 0 Å². The molecule has 0 aromatic rings. The molecule has 3 fully saturated rings. The van der Waals surface area contributed by atoms with E-state index in [0.29, 0.717) is 24.9 Å². The summed E-state index contributed by atoms with van der Waals surface area (Å²) in [5, 5.41) is 0. The number of amides is 2. The lowest BCUT2D eigenvalue weighted by Crippen LogP contribution is -2.68. The van der Waals surface area contributed by atoms with E-state index in [1.807, 2.05) is 4.90 Å². The van der Waals surface area contributed by atoms with Crippen LogP contribution in [-0.2, 0) is 14.2 Å². The standard InChI is InChI=1S/C16H28N2O4/c1-17(2)15(19)18-11-16(12-18)14(5-8-22-16)10-21-9-13-3-6-20-7-4-13/h13-14H,3-12H2,1-2H3/t14-/m0/s1. The zero-order chi connectivity index (χ0) is 15.6. The molecule has 0 bridgehead atoms. The van der Waals surface area contributed by atoms with Gasteiger partial charge in [-0.2, -0.15) is 0 Å². The molecule has 6 nitrogen and oxygen atoms in total. The second-order valence-electron chi connectivity index (χ2n) is 7.03. The van der Waals surface area contributed by atoms with Gasteiger partial charge in [-0.15, -0.1) is 0 Å². The molecule has 3 aliphatic heterocycles. The van der Waals surface area contributed by atoms with E-state index >= 15 is 0 Å². The van der Waals surface area contributed by atoms with Gasteiger partial charge in [-0.05, 0) is 25.2 Å². The monoisotopic (exact) mass is 312 g/mol. The number of urea groups is 1. The predicted molar refractivity (Wildman–Crippen MR) is 81.8 cm³/mol. The van der Waals surface area contributed by atoms with Gasteiger partial charge < -0.3 is 24.0 Å². The van der Waals surface area contributed by atoms with E-state index in [-0.39, 0.29) is 11.6 Å². The Morgan fingerprint density at radius 3 is 2.59 bits per heavy atom. The zero-order valence-electron chi connectivity index (χ0n) is 13.8. The van der Waals surface area contributed by atoms with Crippen molar-refractivity contribution in [3.05, 3.63) is 0 Å². The minimum absolute atomic E-state index is 0.0722. The number of carbonyl (C=O) groups is 1. The molecule has 0 saturated carbocycles. The quantitative estimate of drug-likeness (QED) is 0.783. The van der Waals surface area contributed by atoms with Crippen LogP contribution in [0.3, 0.4) is 0 Å². The molecule has 3 aliphatic rings. The average molecular weight is 312 g/mol. The second-order valence-corrected chi connectivity index (χ2v) is 7.03. The van der Waals surface area contributed by atoms with Gasteiger partial charge in [-0.25, -0.2) is 4.79 Å². The Bertz CT molecular complexity index is 390. The average Bonchev–Trinajstić information content (AvgIpc) is 2.90. The summed E-state index contributed by atoms with van der Waals surface area (Å²) < 4.78 is 17.3. The highest BCUT2D eigenvalue weighted by Crippen LogP contribution is 2.40. The van der Waals surface area contributed by atoms with E-state index in [1.165, 1.54) is 0 Å². The molecular weight excluding hydrogens is 284 g/mol. The summed E-state index contributed by atoms with van der Waals surface area (Å²) in [6.07, 6.45) is 3.26. The summed E-state index contributed by atoms with van der Waals surface area (Å²) >= 11 is 0. The Morgan fingerprint density at radius 2 is 1.91 bits per heavy atom. The fourth-order valence-electron chi connectivity index (χ4n) is 3.68. The second kappa shape index (κ2) is 6.72. The molecule has 0 aromatic carbocycles. The van der Waals surface area contributed by atoms with Crippen molar-refractivity contribution in [2.24, 2.45) is 11.8 Å². The Morgan fingerprint density at radius 1 is 1.18 bits per heavy atom. The lowest BCUT2D eigenvalue weighted by atomic mass is 9.81. The molecule has 1 atom stereocenters. The number of rotatable bonds is 4. The summed E-state index contributed by atoms with van der Waals surface area (Å²) in [4.78, 5) is 15.4. The van der Waals surface area contributed by atoms with E-state index < -0.39 is 0 Å². The molecule has 3 saturated heterocycles. The summed E-state index contributed by atoms with van der Waals surface area (Å²) in [5.74, 6) is 1.05. The van der Waals surface area contributed by atoms with Crippen molar-refractivity contribution in [3.8, 4) is 0 Å². The minimum Gasteiger partial charge on any atom is -0.381 e. The van der Waals surface area contributed by atoms with Crippen molar-refractivity contribution in [3.63, 3.8) is 0 Å². The van der Waals surface area contributed by atoms with E-state index in [4.69, 9.17) is 14.2 Å². The summed E-state index contributed by atoms with van der Waals surface area (Å²) in [7, 11) is 3.58. The largest absolute Gasteiger partial charge is 0.381 e. The molecule has 6 heteroatoms. The molecule has 3 rings (SSSR count). The molecule has 3 heterocycles. The van der Waals surface area contributed by atoms with Crippen molar-refractivity contribution >= 4 is 6.03 Å². The molecular formula is C16H28N2O4. The number of ether oxygens (including phenoxy) is 3. The topological polar surface area (TPSA) is 51.2 Å². The maximum Gasteiger partial charge on any atom is 0.319 e. The SMILES string of the molecule is CN(C)C(=O)N1CC2(C1)OCC[C@H]2COCC1CCOCC1. The van der Waals surface area contributed by atoms with Gasteiger partial charge >= 0.3 is 6.03 Å². The first kappa shape index (κ1) is 16.0. The van der Waals surface area contributed by atoms with Crippen LogP contribution in [0.1, 0.15) is 19.3 Å². The number of carbonyl (C=O) groups excluding carboxylic acids is 1. The first-order chi connectivity index (χ1) is 10.6. The molecule has 0 N–H and O–H groups in total. The highest BCUT2D eigenvalue weighted by Gasteiger charge is 2.54. The van der Waals surface area contributed by atoms with Crippen molar-refractivity contribution in [1.29, 1.82) is 0 Å². The Balaban J connectivity index is 1.43. The smallest absolute Gasteiger partial charge is 0.319 e. The van der Waals surface area contributed by atoms with E-state index in [1.54, 1.807) is 19.0 Å². The number of nitrogens with zero attached hydrogens (tertiary/aromatic N) is 2. The van der Waals surface area contributed by atoms with Gasteiger partial charge in [-0.3, -0.25) is 0 Å². The molecule has 0 aromatic heterocycles. The normalized spacial score (nSPS) is 27.9. The van der Waals surface area contributed by atoms with E-state index in [9.17, 15) is 4.79 Å². The van der Waals surface area contributed by atoms with Gasteiger partial charge in [0.2, 0.25) is 0 Å². The fraction of sp³-hybridized carbons (Fsp3) is 0.938. The third kappa shape index (κ3) is 3.24. The lowest BCUT2D eigenvalue weighted by Gasteiger charge is -2.50. The molecule has 2 amide bonds. The van der Waals surface area contributed by atoms with Gasteiger partial charge in [0, 0.05) is 46.4 Å². The first-order valence-electron chi connectivity index (χ1n) is 8.36. The van der Waals surface area contributed by atoms with Gasteiger partial charge in [0.1, 0.15) is 5.60 Å². The van der Waals surface area contributed by atoms with Crippen molar-refractivity contribution in [1.82, 2.24) is 9.80 Å². The summed E-state index contributed by atoms with van der Waals surface area (Å²) in [6, 6.07) is 0.0722. The van der Waals surface area contributed by atoms with E-state index in [2.05, 4.69) is 0 Å². The van der Waals surface area contributed by atoms with Crippen LogP contribution in [0.2, 0.25) is 0 Å². The maximum atomic E-state index is 11.9. The highest BCUT2D eigenvalue weighted by atomic mass is 16.5. The molecule has 22 heavy (non-hydrogen) atoms. The van der Waals surface area contributed by atoms with Crippen molar-refractivity contribution in [2.45, 2.75) is 24.9 Å². The highest BCUT2D eigenvalue weighted by molar-refractivity contribution is 5.75.